The highest BCUT2D eigenvalue weighted by molar-refractivity contribution is 5.67. The Morgan fingerprint density at radius 3 is 2.61 bits per heavy atom. The van der Waals surface area contributed by atoms with Crippen LogP contribution in [0, 0.1) is 17.0 Å². The minimum atomic E-state index is -0.535. The number of anilines is 1. The van der Waals surface area contributed by atoms with E-state index in [1.807, 2.05) is 42.5 Å². The maximum absolute atomic E-state index is 11.5. The molecule has 0 spiro atoms. The normalized spacial score (nSPS) is 10.4. The highest BCUT2D eigenvalue weighted by Gasteiger charge is 2.22. The van der Waals surface area contributed by atoms with Crippen LogP contribution in [0.1, 0.15) is 18.2 Å². The lowest BCUT2D eigenvalue weighted by molar-refractivity contribution is -0.385. The number of esters is 1. The smallest absolute Gasteiger partial charge is 0.332 e. The Hall–Kier alpha value is -4.01. The Balaban J connectivity index is 1.82. The summed E-state index contributed by atoms with van der Waals surface area (Å²) in [6.07, 6.45) is 0. The lowest BCUT2D eigenvalue weighted by Gasteiger charge is -2.11. The van der Waals surface area contributed by atoms with Gasteiger partial charge in [-0.1, -0.05) is 42.5 Å². The van der Waals surface area contributed by atoms with Gasteiger partial charge in [0.05, 0.1) is 11.5 Å². The van der Waals surface area contributed by atoms with Crippen LogP contribution in [0.3, 0.4) is 0 Å². The van der Waals surface area contributed by atoms with E-state index in [4.69, 9.17) is 9.47 Å². The van der Waals surface area contributed by atoms with E-state index in [2.05, 4.69) is 15.3 Å². The maximum atomic E-state index is 11.5. The van der Waals surface area contributed by atoms with Crippen molar-refractivity contribution in [2.24, 2.45) is 0 Å². The summed E-state index contributed by atoms with van der Waals surface area (Å²) in [5, 5.41) is 14.3. The van der Waals surface area contributed by atoms with Gasteiger partial charge in [-0.2, -0.15) is 0 Å². The van der Waals surface area contributed by atoms with E-state index in [9.17, 15) is 14.9 Å². The third-order valence-electron chi connectivity index (χ3n) is 4.28. The van der Waals surface area contributed by atoms with Crippen molar-refractivity contribution in [2.45, 2.75) is 20.5 Å². The molecule has 2 aromatic carbocycles. The summed E-state index contributed by atoms with van der Waals surface area (Å²) in [4.78, 5) is 30.5. The molecule has 0 radical (unpaired) electrons. The molecular weight excluding hydrogens is 400 g/mol. The number of carbonyl (C=O) groups excluding carboxylic acids is 1. The molecule has 0 bridgehead atoms. The van der Waals surface area contributed by atoms with Crippen LogP contribution < -0.4 is 10.1 Å². The van der Waals surface area contributed by atoms with Gasteiger partial charge >= 0.3 is 11.7 Å². The summed E-state index contributed by atoms with van der Waals surface area (Å²) >= 11 is 0. The van der Waals surface area contributed by atoms with Crippen LogP contribution in [0.5, 0.6) is 5.75 Å². The highest BCUT2D eigenvalue weighted by atomic mass is 16.6. The van der Waals surface area contributed by atoms with Crippen LogP contribution in [0.15, 0.2) is 54.6 Å². The van der Waals surface area contributed by atoms with Gasteiger partial charge in [-0.15, -0.1) is 0 Å². The molecule has 1 heterocycles. The zero-order valence-corrected chi connectivity index (χ0v) is 17.2. The molecule has 0 aliphatic rings. The Morgan fingerprint density at radius 1 is 1.13 bits per heavy atom. The Labute approximate surface area is 179 Å². The number of aromatic nitrogens is 2. The van der Waals surface area contributed by atoms with Gasteiger partial charge in [0.15, 0.2) is 5.82 Å². The first-order chi connectivity index (χ1) is 14.9. The van der Waals surface area contributed by atoms with E-state index in [1.54, 1.807) is 19.1 Å². The van der Waals surface area contributed by atoms with Gasteiger partial charge in [-0.05, 0) is 24.6 Å². The van der Waals surface area contributed by atoms with Crippen molar-refractivity contribution in [1.29, 1.82) is 0 Å². The molecule has 9 nitrogen and oxygen atoms in total. The van der Waals surface area contributed by atoms with E-state index in [0.717, 1.165) is 5.56 Å². The van der Waals surface area contributed by atoms with Gasteiger partial charge in [-0.3, -0.25) is 14.9 Å². The summed E-state index contributed by atoms with van der Waals surface area (Å²) in [7, 11) is 0. The number of ether oxygens (including phenoxy) is 2. The van der Waals surface area contributed by atoms with Crippen molar-refractivity contribution in [3.8, 4) is 17.1 Å². The van der Waals surface area contributed by atoms with Gasteiger partial charge < -0.3 is 14.8 Å². The zero-order chi connectivity index (χ0) is 22.2. The molecule has 160 valence electrons. The molecule has 3 aromatic rings. The summed E-state index contributed by atoms with van der Waals surface area (Å²) in [6, 6.07) is 17.0. The van der Waals surface area contributed by atoms with Crippen molar-refractivity contribution in [3.05, 3.63) is 76.0 Å². The van der Waals surface area contributed by atoms with Crippen LogP contribution in [-0.4, -0.2) is 34.0 Å². The Morgan fingerprint density at radius 2 is 1.90 bits per heavy atom. The van der Waals surface area contributed by atoms with E-state index in [-0.39, 0.29) is 30.4 Å². The highest BCUT2D eigenvalue weighted by Crippen LogP contribution is 2.29. The molecule has 1 N–H and O–H groups in total. The number of aryl methyl sites for hydroxylation is 1. The van der Waals surface area contributed by atoms with E-state index < -0.39 is 10.9 Å². The molecule has 0 aliphatic heterocycles. The molecular formula is C22H22N4O5. The second kappa shape index (κ2) is 10.1. The number of carbonyl (C=O) groups is 1. The third kappa shape index (κ3) is 5.99. The molecule has 0 unspecified atom stereocenters. The average Bonchev–Trinajstić information content (AvgIpc) is 2.75. The monoisotopic (exact) mass is 422 g/mol. The lowest BCUT2D eigenvalue weighted by Crippen LogP contribution is -2.15. The van der Waals surface area contributed by atoms with Crippen LogP contribution in [0.4, 0.5) is 11.5 Å². The molecule has 3 rings (SSSR count). The average molecular weight is 422 g/mol. The number of hydrogen-bond acceptors (Lipinski definition) is 8. The largest absolute Gasteiger partial charge is 0.489 e. The Bertz CT molecular complexity index is 1070. The summed E-state index contributed by atoms with van der Waals surface area (Å²) in [6.45, 7) is 3.50. The van der Waals surface area contributed by atoms with Crippen LogP contribution in [0.25, 0.3) is 11.4 Å². The number of nitro groups is 1. The first kappa shape index (κ1) is 21.7. The van der Waals surface area contributed by atoms with Gasteiger partial charge in [0.1, 0.15) is 24.7 Å². The van der Waals surface area contributed by atoms with E-state index in [0.29, 0.717) is 23.7 Å². The van der Waals surface area contributed by atoms with E-state index in [1.165, 1.54) is 6.92 Å². The minimum Gasteiger partial charge on any atom is -0.489 e. The van der Waals surface area contributed by atoms with E-state index >= 15 is 0 Å². The molecule has 9 heteroatoms. The molecule has 0 fully saturated rings. The quantitative estimate of drug-likeness (QED) is 0.239. The predicted molar refractivity (Wildman–Crippen MR) is 115 cm³/mol. The molecule has 0 amide bonds. The predicted octanol–water partition coefficient (Wildman–Crippen LogP) is 3.91. The van der Waals surface area contributed by atoms with Crippen molar-refractivity contribution < 1.29 is 19.2 Å². The number of hydrogen-bond donors (Lipinski definition) is 1. The van der Waals surface area contributed by atoms with Gasteiger partial charge in [0.25, 0.3) is 0 Å². The first-order valence-corrected chi connectivity index (χ1v) is 9.61. The minimum absolute atomic E-state index is 0.0632. The fourth-order valence-corrected chi connectivity index (χ4v) is 2.87. The maximum Gasteiger partial charge on any atom is 0.332 e. The first-order valence-electron chi connectivity index (χ1n) is 9.61. The molecule has 0 saturated carbocycles. The van der Waals surface area contributed by atoms with Gasteiger partial charge in [-0.25, -0.2) is 9.97 Å². The van der Waals surface area contributed by atoms with Crippen molar-refractivity contribution in [3.63, 3.8) is 0 Å². The van der Waals surface area contributed by atoms with Crippen LogP contribution >= 0.6 is 0 Å². The number of benzene rings is 2. The molecule has 31 heavy (non-hydrogen) atoms. The van der Waals surface area contributed by atoms with Gasteiger partial charge in [0.2, 0.25) is 5.82 Å². The molecule has 0 atom stereocenters. The standard InChI is InChI=1S/C22H22N4O5/c1-15-20(26(28)29)22(23-11-12-30-16(2)27)25-21(24-15)18-9-6-10-19(13-18)31-14-17-7-4-3-5-8-17/h3-10,13H,11-12,14H2,1-2H3,(H,23,24,25). The third-order valence-corrected chi connectivity index (χ3v) is 4.28. The van der Waals surface area contributed by atoms with Crippen molar-refractivity contribution >= 4 is 17.5 Å². The second-order valence-corrected chi connectivity index (χ2v) is 6.66. The van der Waals surface area contributed by atoms with Crippen LogP contribution in [-0.2, 0) is 16.1 Å². The topological polar surface area (TPSA) is 116 Å². The molecule has 0 saturated heterocycles. The lowest BCUT2D eigenvalue weighted by atomic mass is 10.2. The number of nitrogens with one attached hydrogen (secondary N) is 1. The number of nitrogens with zero attached hydrogens (tertiary/aromatic N) is 3. The summed E-state index contributed by atoms with van der Waals surface area (Å²) < 4.78 is 10.7. The fraction of sp³-hybridized carbons (Fsp3) is 0.227. The van der Waals surface area contributed by atoms with Crippen molar-refractivity contribution in [1.82, 2.24) is 9.97 Å². The summed E-state index contributed by atoms with van der Waals surface area (Å²) in [5.41, 5.74) is 1.70. The molecule has 1 aromatic heterocycles. The SMILES string of the molecule is CC(=O)OCCNc1nc(-c2cccc(OCc3ccccc3)c2)nc(C)c1[N+](=O)[O-]. The van der Waals surface area contributed by atoms with Gasteiger partial charge in [0, 0.05) is 12.5 Å². The zero-order valence-electron chi connectivity index (χ0n) is 17.2. The van der Waals surface area contributed by atoms with Crippen LogP contribution in [0.2, 0.25) is 0 Å². The van der Waals surface area contributed by atoms with Crippen molar-refractivity contribution in [2.75, 3.05) is 18.5 Å². The fourth-order valence-electron chi connectivity index (χ4n) is 2.87. The molecule has 0 aliphatic carbocycles. The Kier molecular flexibility index (Phi) is 7.10. The number of rotatable bonds is 9. The summed E-state index contributed by atoms with van der Waals surface area (Å²) in [5.74, 6) is 0.590. The second-order valence-electron chi connectivity index (χ2n) is 6.66.